The van der Waals surface area contributed by atoms with Crippen LogP contribution in [0, 0.1) is 5.82 Å². The largest absolute Gasteiger partial charge is 0.476 e. The van der Waals surface area contributed by atoms with Crippen LogP contribution in [0.4, 0.5) is 4.39 Å². The summed E-state index contributed by atoms with van der Waals surface area (Å²) >= 11 is 0. The first kappa shape index (κ1) is 14.4. The Morgan fingerprint density at radius 2 is 1.83 bits per heavy atom. The second-order valence-corrected chi connectivity index (χ2v) is 4.27. The molecule has 0 bridgehead atoms. The van der Waals surface area contributed by atoms with Crippen LogP contribution in [0.3, 0.4) is 0 Å². The number of carbonyl (C=O) groups is 2. The van der Waals surface area contributed by atoms with Gasteiger partial charge in [0.1, 0.15) is 5.82 Å². The van der Waals surface area contributed by atoms with Crippen LogP contribution in [0.1, 0.15) is 37.7 Å². The molecular formula is C14H17FO3. The number of ketones is 1. The summed E-state index contributed by atoms with van der Waals surface area (Å²) in [5, 5.41) is 8.37. The lowest BCUT2D eigenvalue weighted by Crippen LogP contribution is -2.11. The van der Waals surface area contributed by atoms with Gasteiger partial charge in [-0.1, -0.05) is 25.0 Å². The third-order valence-electron chi connectivity index (χ3n) is 2.75. The molecule has 1 rings (SSSR count). The molecule has 0 aliphatic carbocycles. The second kappa shape index (κ2) is 7.58. The Hall–Kier alpha value is -1.71. The van der Waals surface area contributed by atoms with Crippen molar-refractivity contribution < 1.29 is 19.1 Å². The molecule has 0 heterocycles. The summed E-state index contributed by atoms with van der Waals surface area (Å²) in [6.07, 6.45) is 4.19. The minimum atomic E-state index is -1.35. The van der Waals surface area contributed by atoms with E-state index in [2.05, 4.69) is 0 Å². The molecule has 0 saturated heterocycles. The maximum atomic E-state index is 12.9. The molecule has 4 heteroatoms. The maximum absolute atomic E-state index is 12.9. The van der Waals surface area contributed by atoms with Crippen molar-refractivity contribution in [1.82, 2.24) is 0 Å². The highest BCUT2D eigenvalue weighted by atomic mass is 19.1. The van der Waals surface area contributed by atoms with Crippen molar-refractivity contribution in [2.75, 3.05) is 0 Å². The monoisotopic (exact) mass is 252 g/mol. The smallest absolute Gasteiger partial charge is 0.372 e. The molecule has 1 aromatic rings. The Balaban J connectivity index is 2.09. The lowest BCUT2D eigenvalue weighted by Gasteiger charge is -2.01. The van der Waals surface area contributed by atoms with E-state index >= 15 is 0 Å². The molecule has 0 spiro atoms. The van der Waals surface area contributed by atoms with E-state index in [9.17, 15) is 14.0 Å². The normalized spacial score (nSPS) is 10.3. The van der Waals surface area contributed by atoms with Crippen LogP contribution in [0.25, 0.3) is 0 Å². The topological polar surface area (TPSA) is 54.4 Å². The molecule has 0 saturated carbocycles. The highest BCUT2D eigenvalue weighted by molar-refractivity contribution is 6.32. The number of aliphatic carboxylic acids is 1. The van der Waals surface area contributed by atoms with E-state index in [1.54, 1.807) is 6.07 Å². The number of rotatable bonds is 8. The number of hydrogen-bond acceptors (Lipinski definition) is 2. The zero-order valence-electron chi connectivity index (χ0n) is 10.2. The molecule has 1 N–H and O–H groups in total. The van der Waals surface area contributed by atoms with Gasteiger partial charge in [0, 0.05) is 6.42 Å². The predicted octanol–water partition coefficient (Wildman–Crippen LogP) is 2.97. The van der Waals surface area contributed by atoms with Crippen LogP contribution in [0.2, 0.25) is 0 Å². The van der Waals surface area contributed by atoms with Crippen LogP contribution >= 0.6 is 0 Å². The Morgan fingerprint density at radius 3 is 2.50 bits per heavy atom. The fourth-order valence-electron chi connectivity index (χ4n) is 1.77. The van der Waals surface area contributed by atoms with E-state index in [4.69, 9.17) is 5.11 Å². The summed E-state index contributed by atoms with van der Waals surface area (Å²) in [4.78, 5) is 21.0. The highest BCUT2D eigenvalue weighted by Gasteiger charge is 2.09. The third-order valence-corrected chi connectivity index (χ3v) is 2.75. The summed E-state index contributed by atoms with van der Waals surface area (Å²) in [5.74, 6) is -2.30. The summed E-state index contributed by atoms with van der Waals surface area (Å²) in [6, 6.07) is 6.52. The molecular weight excluding hydrogens is 235 g/mol. The Morgan fingerprint density at radius 1 is 1.11 bits per heavy atom. The van der Waals surface area contributed by atoms with E-state index in [1.807, 2.05) is 6.07 Å². The van der Waals surface area contributed by atoms with Gasteiger partial charge in [0.25, 0.3) is 0 Å². The van der Waals surface area contributed by atoms with Gasteiger partial charge in [0.15, 0.2) is 0 Å². The van der Waals surface area contributed by atoms with Gasteiger partial charge in [-0.25, -0.2) is 9.18 Å². The molecule has 0 amide bonds. The Kier molecular flexibility index (Phi) is 6.05. The van der Waals surface area contributed by atoms with Gasteiger partial charge >= 0.3 is 5.97 Å². The Labute approximate surface area is 106 Å². The summed E-state index contributed by atoms with van der Waals surface area (Å²) in [7, 11) is 0. The van der Waals surface area contributed by atoms with Crippen LogP contribution in [-0.2, 0) is 16.0 Å². The molecule has 0 fully saturated rings. The van der Waals surface area contributed by atoms with Crippen LogP contribution in [0.5, 0.6) is 0 Å². The number of carbonyl (C=O) groups excluding carboxylic acids is 1. The summed E-state index contributed by atoms with van der Waals surface area (Å²) in [6.45, 7) is 0. The molecule has 98 valence electrons. The first-order valence-electron chi connectivity index (χ1n) is 6.10. The average molecular weight is 252 g/mol. The van der Waals surface area contributed by atoms with Crippen LogP contribution in [-0.4, -0.2) is 16.9 Å². The molecule has 18 heavy (non-hydrogen) atoms. The quantitative estimate of drug-likeness (QED) is 0.571. The first-order valence-corrected chi connectivity index (χ1v) is 6.10. The standard InChI is InChI=1S/C14H17FO3/c15-12-8-5-7-11(10-12)6-3-1-2-4-9-13(16)14(17)18/h5,7-8,10H,1-4,6,9H2,(H,17,18). The van der Waals surface area contributed by atoms with Crippen molar-refractivity contribution in [3.05, 3.63) is 35.6 Å². The van der Waals surface area contributed by atoms with Crippen LogP contribution < -0.4 is 0 Å². The lowest BCUT2D eigenvalue weighted by molar-refractivity contribution is -0.149. The van der Waals surface area contributed by atoms with Crippen molar-refractivity contribution in [2.45, 2.75) is 38.5 Å². The van der Waals surface area contributed by atoms with Gasteiger partial charge < -0.3 is 5.11 Å². The molecule has 1 aromatic carbocycles. The molecule has 0 aromatic heterocycles. The van der Waals surface area contributed by atoms with E-state index in [0.717, 1.165) is 31.2 Å². The second-order valence-electron chi connectivity index (χ2n) is 4.27. The summed E-state index contributed by atoms with van der Waals surface area (Å²) in [5.41, 5.74) is 0.969. The lowest BCUT2D eigenvalue weighted by atomic mass is 10.0. The van der Waals surface area contributed by atoms with Crippen molar-refractivity contribution in [3.8, 4) is 0 Å². The van der Waals surface area contributed by atoms with E-state index in [-0.39, 0.29) is 12.2 Å². The predicted molar refractivity (Wildman–Crippen MR) is 65.8 cm³/mol. The zero-order valence-corrected chi connectivity index (χ0v) is 10.2. The highest BCUT2D eigenvalue weighted by Crippen LogP contribution is 2.10. The van der Waals surface area contributed by atoms with Crippen LogP contribution in [0.15, 0.2) is 24.3 Å². The molecule has 3 nitrogen and oxygen atoms in total. The third kappa shape index (κ3) is 5.57. The van der Waals surface area contributed by atoms with Gasteiger partial charge in [0.05, 0.1) is 0 Å². The van der Waals surface area contributed by atoms with Gasteiger partial charge in [-0.3, -0.25) is 4.79 Å². The summed E-state index contributed by atoms with van der Waals surface area (Å²) < 4.78 is 12.9. The van der Waals surface area contributed by atoms with Crippen molar-refractivity contribution >= 4 is 11.8 Å². The minimum absolute atomic E-state index is 0.106. The van der Waals surface area contributed by atoms with E-state index < -0.39 is 11.8 Å². The number of halogens is 1. The number of Topliss-reactive ketones (excluding diaryl/α,β-unsaturated/α-hetero) is 1. The SMILES string of the molecule is O=C(O)C(=O)CCCCCCc1cccc(F)c1. The average Bonchev–Trinajstić information content (AvgIpc) is 2.33. The number of carboxylic acids is 1. The molecule has 0 unspecified atom stereocenters. The van der Waals surface area contributed by atoms with Gasteiger partial charge in [-0.2, -0.15) is 0 Å². The fraction of sp³-hybridized carbons (Fsp3) is 0.429. The van der Waals surface area contributed by atoms with Crippen molar-refractivity contribution in [1.29, 1.82) is 0 Å². The van der Waals surface area contributed by atoms with Crippen molar-refractivity contribution in [3.63, 3.8) is 0 Å². The van der Waals surface area contributed by atoms with Gasteiger partial charge in [-0.15, -0.1) is 0 Å². The number of carboxylic acid groups (broad SMARTS) is 1. The molecule has 0 radical (unpaired) electrons. The maximum Gasteiger partial charge on any atom is 0.372 e. The number of unbranched alkanes of at least 4 members (excludes halogenated alkanes) is 3. The fourth-order valence-corrected chi connectivity index (χ4v) is 1.77. The zero-order chi connectivity index (χ0) is 13.4. The minimum Gasteiger partial charge on any atom is -0.476 e. The van der Waals surface area contributed by atoms with Gasteiger partial charge in [0.2, 0.25) is 5.78 Å². The molecule has 0 aliphatic heterocycles. The number of hydrogen-bond donors (Lipinski definition) is 1. The van der Waals surface area contributed by atoms with E-state index in [1.165, 1.54) is 12.1 Å². The Bertz CT molecular complexity index is 415. The first-order chi connectivity index (χ1) is 8.59. The van der Waals surface area contributed by atoms with E-state index in [0.29, 0.717) is 6.42 Å². The number of aryl methyl sites for hydroxylation is 1. The number of benzene rings is 1. The molecule has 0 atom stereocenters. The van der Waals surface area contributed by atoms with Gasteiger partial charge in [-0.05, 0) is 37.0 Å². The van der Waals surface area contributed by atoms with Crippen molar-refractivity contribution in [2.24, 2.45) is 0 Å². The molecule has 0 aliphatic rings.